The minimum atomic E-state index is 0.324. The molecule has 1 aromatic rings. The Labute approximate surface area is 61.6 Å². The summed E-state index contributed by atoms with van der Waals surface area (Å²) in [4.78, 5) is 2.50. The highest BCUT2D eigenvalue weighted by molar-refractivity contribution is 5.00. The van der Waals surface area contributed by atoms with Gasteiger partial charge in [0.05, 0.1) is 12.3 Å². The molecule has 1 rings (SSSR count). The number of nitrogens with zero attached hydrogens (tertiary/aromatic N) is 7. The van der Waals surface area contributed by atoms with Gasteiger partial charge in [0, 0.05) is 0 Å². The molecular weight excluding hydrogens is 150 g/mol. The van der Waals surface area contributed by atoms with Gasteiger partial charge in [-0.15, -0.1) is 0 Å². The number of tetrazole rings is 1. The van der Waals surface area contributed by atoms with Crippen LogP contribution in [0.2, 0.25) is 0 Å². The van der Waals surface area contributed by atoms with Crippen LogP contribution in [0, 0.1) is 0 Å². The monoisotopic (exact) mass is 157 g/mol. The van der Waals surface area contributed by atoms with Crippen molar-refractivity contribution < 1.29 is 4.79 Å². The second-order valence-corrected chi connectivity index (χ2v) is 1.49. The van der Waals surface area contributed by atoms with Crippen LogP contribution in [0.5, 0.6) is 0 Å². The van der Waals surface area contributed by atoms with Gasteiger partial charge in [0.15, 0.2) is 0 Å². The predicted octanol–water partition coefficient (Wildman–Crippen LogP) is -1.74. The molecule has 11 heavy (non-hydrogen) atoms. The number of nitrogen functional groups attached to an aromatic ring is 2. The Morgan fingerprint density at radius 3 is 2.18 bits per heavy atom. The lowest BCUT2D eigenvalue weighted by Gasteiger charge is -1.79. The average molecular weight is 157 g/mol. The number of hydrogen-bond acceptors (Lipinski definition) is 4. The zero-order valence-electron chi connectivity index (χ0n) is 5.79. The molecule has 1 aromatic heterocycles. The molecule has 0 aliphatic rings. The van der Waals surface area contributed by atoms with Crippen LogP contribution in [-0.4, -0.2) is 15.1 Å². The first-order valence-corrected chi connectivity index (χ1v) is 2.44. The topological polar surface area (TPSA) is 145 Å². The lowest BCUT2D eigenvalue weighted by Crippen LogP contribution is -2.48. The van der Waals surface area contributed by atoms with Gasteiger partial charge in [-0.3, -0.25) is 10.8 Å². The van der Waals surface area contributed by atoms with E-state index in [0.29, 0.717) is 5.95 Å². The van der Waals surface area contributed by atoms with E-state index in [2.05, 4.69) is 10.4 Å². The van der Waals surface area contributed by atoms with Gasteiger partial charge in [0.2, 0.25) is 0 Å². The minimum Gasteiger partial charge on any atom is -0.373 e. The van der Waals surface area contributed by atoms with Gasteiger partial charge in [-0.25, -0.2) is 0 Å². The summed E-state index contributed by atoms with van der Waals surface area (Å²) in [5.74, 6) is 5.46. The van der Waals surface area contributed by atoms with Crippen molar-refractivity contribution in [2.45, 2.75) is 0 Å². The van der Waals surface area contributed by atoms with Gasteiger partial charge in [-0.05, 0) is 4.79 Å². The van der Waals surface area contributed by atoms with E-state index in [1.54, 1.807) is 7.05 Å². The van der Waals surface area contributed by atoms with Crippen LogP contribution in [0.3, 0.4) is 0 Å². The molecule has 9 heteroatoms. The molecule has 0 aliphatic heterocycles. The molecule has 0 saturated carbocycles. The number of anilines is 1. The summed E-state index contributed by atoms with van der Waals surface area (Å²) in [5, 5.41) is 6.89. The summed E-state index contributed by atoms with van der Waals surface area (Å²) < 4.78 is 1.38. The Bertz CT molecular complexity index is 233. The third kappa shape index (κ3) is 2.37. The van der Waals surface area contributed by atoms with Gasteiger partial charge in [-0.1, -0.05) is 4.68 Å². The first-order valence-electron chi connectivity index (χ1n) is 2.44. The molecule has 60 valence electrons. The van der Waals surface area contributed by atoms with Crippen LogP contribution in [0.15, 0.2) is 0 Å². The molecule has 0 atom stereocenters. The fourth-order valence-corrected chi connectivity index (χ4v) is 0.343. The zero-order chi connectivity index (χ0) is 8.85. The zero-order valence-corrected chi connectivity index (χ0v) is 5.79. The number of hydrogen-bond donors (Lipinski definition) is 2. The highest BCUT2D eigenvalue weighted by Crippen LogP contribution is 1.77. The molecule has 0 saturated heterocycles. The first-order chi connectivity index (χ1) is 5.13. The van der Waals surface area contributed by atoms with E-state index in [9.17, 15) is 0 Å². The van der Waals surface area contributed by atoms with Crippen LogP contribution in [0.25, 0.3) is 16.0 Å². The Hall–Kier alpha value is -2.02. The van der Waals surface area contributed by atoms with E-state index in [0.717, 1.165) is 4.79 Å². The Morgan fingerprint density at radius 2 is 2.09 bits per heavy atom. The molecule has 4 N–H and O–H groups in total. The van der Waals surface area contributed by atoms with Crippen molar-refractivity contribution in [3.05, 3.63) is 16.0 Å². The summed E-state index contributed by atoms with van der Waals surface area (Å²) >= 11 is 0. The molecule has 0 aliphatic carbocycles. The summed E-state index contributed by atoms with van der Waals surface area (Å²) in [7, 11) is 1.66. The normalized spacial score (nSPS) is 7.73. The Balaban J connectivity index is 0.000000292. The summed E-state index contributed by atoms with van der Waals surface area (Å²) in [6, 6.07) is 0. The Morgan fingerprint density at radius 1 is 1.64 bits per heavy atom. The molecule has 0 amide bonds. The molecule has 0 bridgehead atoms. The van der Waals surface area contributed by atoms with Crippen molar-refractivity contribution in [1.82, 2.24) is 15.1 Å². The smallest absolute Gasteiger partial charge is 0.373 e. The first kappa shape index (κ1) is 8.98. The maximum Gasteiger partial charge on any atom is 0.384 e. The van der Waals surface area contributed by atoms with E-state index in [1.165, 1.54) is 9.59 Å². The molecule has 0 spiro atoms. The molecule has 0 fully saturated rings. The van der Waals surface area contributed by atoms with Crippen LogP contribution in [-0.2, 0) is 7.05 Å². The number of nitrogens with two attached hydrogens (primary N) is 2. The summed E-state index contributed by atoms with van der Waals surface area (Å²) in [6.07, 6.45) is 0. The fourth-order valence-electron chi connectivity index (χ4n) is 0.343. The predicted molar refractivity (Wildman–Crippen MR) is 35.8 cm³/mol. The maximum atomic E-state index is 6.75. The van der Waals surface area contributed by atoms with Crippen molar-refractivity contribution >= 4 is 5.95 Å². The third-order valence-electron chi connectivity index (χ3n) is 0.837. The van der Waals surface area contributed by atoms with Gasteiger partial charge in [0.1, 0.15) is 5.21 Å². The molecular formula is C2H7N9. The highest BCUT2D eigenvalue weighted by Gasteiger charge is 2.06. The van der Waals surface area contributed by atoms with E-state index in [1.807, 2.05) is 0 Å². The Kier molecular flexibility index (Phi) is 3.19. The molecule has 9 nitrogen and oxygen atoms in total. The lowest BCUT2D eigenvalue weighted by atomic mass is 11.0. The highest BCUT2D eigenvalue weighted by atomic mass is 15.7. The number of aromatic nitrogens is 4. The largest absolute Gasteiger partial charge is 0.384 e. The fraction of sp³-hybridized carbons (Fsp3) is 0.500. The van der Waals surface area contributed by atoms with Crippen molar-refractivity contribution in [1.29, 1.82) is 0 Å². The average Bonchev–Trinajstić information content (AvgIpc) is 2.22. The third-order valence-corrected chi connectivity index (χ3v) is 0.837. The lowest BCUT2D eigenvalue weighted by molar-refractivity contribution is -0.687. The molecule has 0 unspecified atom stereocenters. The summed E-state index contributed by atoms with van der Waals surface area (Å²) in [5.41, 5.74) is 18.8. The van der Waals surface area contributed by atoms with Gasteiger partial charge in [-0.2, -0.15) is 0 Å². The molecule has 0 aromatic carbocycles. The van der Waals surface area contributed by atoms with Crippen molar-refractivity contribution in [2.75, 3.05) is 11.6 Å². The number of rotatable bonds is 0. The minimum absolute atomic E-state index is 0.324. The second-order valence-electron chi connectivity index (χ2n) is 1.49. The van der Waals surface area contributed by atoms with Crippen LogP contribution >= 0.6 is 0 Å². The van der Waals surface area contributed by atoms with Crippen molar-refractivity contribution in [2.24, 2.45) is 7.05 Å². The van der Waals surface area contributed by atoms with Gasteiger partial charge in [0.25, 0.3) is 0 Å². The molecule has 1 heterocycles. The SMILES string of the molecule is Cn1nn[n+](N)c1N.[N-]=[N+]=[N-]. The maximum absolute atomic E-state index is 6.75. The number of aryl methyl sites for hydroxylation is 1. The second kappa shape index (κ2) is 3.90. The quantitative estimate of drug-likeness (QED) is 0.151. The van der Waals surface area contributed by atoms with E-state index >= 15 is 0 Å². The van der Waals surface area contributed by atoms with E-state index in [4.69, 9.17) is 22.6 Å². The van der Waals surface area contributed by atoms with E-state index in [-0.39, 0.29) is 0 Å². The summed E-state index contributed by atoms with van der Waals surface area (Å²) in [6.45, 7) is 0. The standard InChI is InChI=1S/C2H6N6.N3/c1-7-2(3)8(4)6-5-7;1-3-2/h3H,4H2,1H3;/q;-1/p+1. The molecule has 0 radical (unpaired) electrons. The van der Waals surface area contributed by atoms with Crippen molar-refractivity contribution in [3.63, 3.8) is 0 Å². The van der Waals surface area contributed by atoms with Crippen molar-refractivity contribution in [3.8, 4) is 0 Å². The van der Waals surface area contributed by atoms with Crippen LogP contribution in [0.1, 0.15) is 0 Å². The van der Waals surface area contributed by atoms with Crippen LogP contribution < -0.4 is 16.4 Å². The van der Waals surface area contributed by atoms with Crippen LogP contribution in [0.4, 0.5) is 5.95 Å². The van der Waals surface area contributed by atoms with Gasteiger partial charge < -0.3 is 16.8 Å². The van der Waals surface area contributed by atoms with Gasteiger partial charge >= 0.3 is 5.95 Å². The van der Waals surface area contributed by atoms with E-state index < -0.39 is 0 Å².